The molecule has 0 aliphatic carbocycles. The van der Waals surface area contributed by atoms with Crippen molar-refractivity contribution in [3.63, 3.8) is 0 Å². The van der Waals surface area contributed by atoms with Crippen molar-refractivity contribution in [3.8, 4) is 5.75 Å². The third-order valence-corrected chi connectivity index (χ3v) is 4.69. The molecular weight excluding hydrogens is 341 g/mol. The summed E-state index contributed by atoms with van der Waals surface area (Å²) in [6.07, 6.45) is 0. The number of pyridine rings is 1. The summed E-state index contributed by atoms with van der Waals surface area (Å²) in [7, 11) is -4.34. The second-order valence-electron chi connectivity index (χ2n) is 4.89. The molecule has 0 atom stereocenters. The smallest absolute Gasteiger partial charge is 0.342 e. The average Bonchev–Trinajstić information content (AvgIpc) is 2.47. The van der Waals surface area contributed by atoms with Crippen molar-refractivity contribution < 1.29 is 17.0 Å². The third-order valence-electron chi connectivity index (χ3n) is 3.19. The maximum atomic E-state index is 13.9. The summed E-state index contributed by atoms with van der Waals surface area (Å²) in [5.74, 6) is -0.928. The number of hydrogen-bond acceptors (Lipinski definition) is 4. The van der Waals surface area contributed by atoms with Gasteiger partial charge in [-0.05, 0) is 37.3 Å². The van der Waals surface area contributed by atoms with E-state index in [4.69, 9.17) is 15.8 Å². The first-order valence-corrected chi connectivity index (χ1v) is 8.41. The van der Waals surface area contributed by atoms with Crippen molar-refractivity contribution in [1.29, 1.82) is 0 Å². The fraction of sp³-hybridized carbons (Fsp3) is 0.0625. The highest BCUT2D eigenvalue weighted by molar-refractivity contribution is 7.87. The molecule has 1 aromatic heterocycles. The number of para-hydroxylation sites is 1. The average molecular weight is 352 g/mol. The van der Waals surface area contributed by atoms with Crippen LogP contribution in [-0.4, -0.2) is 13.4 Å². The molecule has 7 heteroatoms. The van der Waals surface area contributed by atoms with Gasteiger partial charge >= 0.3 is 10.1 Å². The van der Waals surface area contributed by atoms with E-state index < -0.39 is 20.8 Å². The van der Waals surface area contributed by atoms with E-state index in [0.717, 1.165) is 17.5 Å². The van der Waals surface area contributed by atoms with Crippen LogP contribution in [0.5, 0.6) is 5.75 Å². The topological polar surface area (TPSA) is 56.3 Å². The van der Waals surface area contributed by atoms with Crippen molar-refractivity contribution in [1.82, 2.24) is 4.98 Å². The molecule has 4 nitrogen and oxygen atoms in total. The summed E-state index contributed by atoms with van der Waals surface area (Å²) in [6, 6.07) is 11.8. The molecule has 0 amide bonds. The van der Waals surface area contributed by atoms with E-state index in [1.165, 1.54) is 12.1 Å². The molecule has 23 heavy (non-hydrogen) atoms. The maximum Gasteiger partial charge on any atom is 0.342 e. The number of benzene rings is 2. The summed E-state index contributed by atoms with van der Waals surface area (Å²) in [6.45, 7) is 1.78. The Kier molecular flexibility index (Phi) is 3.95. The molecule has 0 saturated heterocycles. The van der Waals surface area contributed by atoms with E-state index in [1.54, 1.807) is 31.2 Å². The van der Waals surface area contributed by atoms with Gasteiger partial charge in [0.1, 0.15) is 16.2 Å². The second kappa shape index (κ2) is 5.79. The zero-order valence-electron chi connectivity index (χ0n) is 12.0. The Morgan fingerprint density at radius 1 is 1.13 bits per heavy atom. The predicted octanol–water partition coefficient (Wildman–Crippen LogP) is 4.10. The monoisotopic (exact) mass is 351 g/mol. The van der Waals surface area contributed by atoms with Gasteiger partial charge in [-0.2, -0.15) is 8.42 Å². The van der Waals surface area contributed by atoms with Crippen LogP contribution in [-0.2, 0) is 10.1 Å². The van der Waals surface area contributed by atoms with Gasteiger partial charge in [0.25, 0.3) is 0 Å². The standard InChI is InChI=1S/C16H11ClFNO3S/c1-10-5-6-11-3-2-4-14(16(11)19-10)22-23(20,21)15-8-7-12(17)9-13(15)18/h2-9H,1H3. The van der Waals surface area contributed by atoms with Crippen LogP contribution in [0, 0.1) is 12.7 Å². The minimum absolute atomic E-state index is 0.0422. The molecule has 0 spiro atoms. The molecule has 0 bridgehead atoms. The molecule has 1 heterocycles. The molecule has 0 unspecified atom stereocenters. The third kappa shape index (κ3) is 3.13. The summed E-state index contributed by atoms with van der Waals surface area (Å²) in [4.78, 5) is 3.71. The lowest BCUT2D eigenvalue weighted by atomic mass is 10.2. The maximum absolute atomic E-state index is 13.9. The van der Waals surface area contributed by atoms with Gasteiger partial charge in [-0.15, -0.1) is 0 Å². The van der Waals surface area contributed by atoms with Gasteiger partial charge in [-0.1, -0.05) is 29.8 Å². The molecular formula is C16H11ClFNO3S. The molecule has 2 aromatic carbocycles. The van der Waals surface area contributed by atoms with Gasteiger partial charge in [0.15, 0.2) is 5.75 Å². The van der Waals surface area contributed by atoms with Crippen LogP contribution in [0.15, 0.2) is 53.4 Å². The van der Waals surface area contributed by atoms with Gasteiger partial charge in [0.05, 0.1) is 0 Å². The van der Waals surface area contributed by atoms with Crippen molar-refractivity contribution in [3.05, 3.63) is 65.1 Å². The molecule has 3 rings (SSSR count). The van der Waals surface area contributed by atoms with Crippen LogP contribution in [0.1, 0.15) is 5.69 Å². The first kappa shape index (κ1) is 15.7. The Labute approximate surface area is 137 Å². The van der Waals surface area contributed by atoms with Crippen molar-refractivity contribution in [2.45, 2.75) is 11.8 Å². The van der Waals surface area contributed by atoms with Crippen molar-refractivity contribution in [2.24, 2.45) is 0 Å². The molecule has 3 aromatic rings. The van der Waals surface area contributed by atoms with E-state index in [9.17, 15) is 12.8 Å². The van der Waals surface area contributed by atoms with Crippen LogP contribution >= 0.6 is 11.6 Å². The van der Waals surface area contributed by atoms with Crippen molar-refractivity contribution in [2.75, 3.05) is 0 Å². The van der Waals surface area contributed by atoms with Gasteiger partial charge < -0.3 is 4.18 Å². The Balaban J connectivity index is 2.09. The highest BCUT2D eigenvalue weighted by Gasteiger charge is 2.23. The van der Waals surface area contributed by atoms with E-state index in [0.29, 0.717) is 11.2 Å². The molecule has 0 saturated carbocycles. The second-order valence-corrected chi connectivity index (χ2v) is 6.84. The summed E-state index contributed by atoms with van der Waals surface area (Å²) >= 11 is 5.64. The molecule has 0 aliphatic rings. The van der Waals surface area contributed by atoms with Gasteiger partial charge in [0, 0.05) is 16.1 Å². The number of rotatable bonds is 3. The lowest BCUT2D eigenvalue weighted by molar-refractivity contribution is 0.478. The first-order valence-electron chi connectivity index (χ1n) is 6.63. The number of nitrogens with zero attached hydrogens (tertiary/aromatic N) is 1. The molecule has 0 aliphatic heterocycles. The van der Waals surface area contributed by atoms with Gasteiger partial charge in [0.2, 0.25) is 0 Å². The lowest BCUT2D eigenvalue weighted by Crippen LogP contribution is -2.12. The summed E-state index contributed by atoms with van der Waals surface area (Å²) in [5, 5.41) is 0.823. The molecule has 0 N–H and O–H groups in total. The Morgan fingerprint density at radius 2 is 1.91 bits per heavy atom. The minimum Gasteiger partial charge on any atom is -0.377 e. The zero-order chi connectivity index (χ0) is 16.6. The van der Waals surface area contributed by atoms with Crippen LogP contribution < -0.4 is 4.18 Å². The number of hydrogen-bond donors (Lipinski definition) is 0. The lowest BCUT2D eigenvalue weighted by Gasteiger charge is -2.10. The van der Waals surface area contributed by atoms with Crippen molar-refractivity contribution >= 4 is 32.6 Å². The van der Waals surface area contributed by atoms with Gasteiger partial charge in [-0.25, -0.2) is 9.37 Å². The predicted molar refractivity (Wildman–Crippen MR) is 85.7 cm³/mol. The zero-order valence-corrected chi connectivity index (χ0v) is 13.5. The first-order chi connectivity index (χ1) is 10.9. The summed E-state index contributed by atoms with van der Waals surface area (Å²) in [5.41, 5.74) is 1.11. The minimum atomic E-state index is -4.34. The Bertz CT molecular complexity index is 1010. The van der Waals surface area contributed by atoms with Gasteiger partial charge in [-0.3, -0.25) is 0 Å². The van der Waals surface area contributed by atoms with E-state index >= 15 is 0 Å². The van der Waals surface area contributed by atoms with Crippen LogP contribution in [0.2, 0.25) is 5.02 Å². The largest absolute Gasteiger partial charge is 0.377 e. The van der Waals surface area contributed by atoms with E-state index in [2.05, 4.69) is 4.98 Å². The Hall–Kier alpha value is -2.18. The Morgan fingerprint density at radius 3 is 2.65 bits per heavy atom. The fourth-order valence-electron chi connectivity index (χ4n) is 2.13. The molecule has 118 valence electrons. The summed E-state index contributed by atoms with van der Waals surface area (Å²) < 4.78 is 43.6. The molecule has 0 radical (unpaired) electrons. The van der Waals surface area contributed by atoms with E-state index in [1.807, 2.05) is 0 Å². The van der Waals surface area contributed by atoms with Crippen LogP contribution in [0.25, 0.3) is 10.9 Å². The highest BCUT2D eigenvalue weighted by atomic mass is 35.5. The van der Waals surface area contributed by atoms with Crippen LogP contribution in [0.4, 0.5) is 4.39 Å². The molecule has 0 fully saturated rings. The number of halogens is 2. The normalized spacial score (nSPS) is 11.6. The van der Waals surface area contributed by atoms with E-state index in [-0.39, 0.29) is 10.8 Å². The SMILES string of the molecule is Cc1ccc2cccc(OS(=O)(=O)c3ccc(Cl)cc3F)c2n1. The number of aromatic nitrogens is 1. The number of aryl methyl sites for hydroxylation is 1. The number of fused-ring (bicyclic) bond motifs is 1. The fourth-order valence-corrected chi connectivity index (χ4v) is 3.28. The quantitative estimate of drug-likeness (QED) is 0.666. The van der Waals surface area contributed by atoms with Crippen LogP contribution in [0.3, 0.4) is 0 Å². The highest BCUT2D eigenvalue weighted by Crippen LogP contribution is 2.28.